The molecule has 1 heteroatoms. The zero-order valence-electron chi connectivity index (χ0n) is 5.36. The molecular weight excluding hydrogens is 100 g/mol. The molecule has 0 aromatic rings. The minimum absolute atomic E-state index is 1.09. The third-order valence-electron chi connectivity index (χ3n) is 0.618. The molecule has 0 spiro atoms. The molecule has 0 rings (SSSR count). The Morgan fingerprint density at radius 1 is 1.43 bits per heavy atom. The van der Waals surface area contributed by atoms with Crippen molar-refractivity contribution in [3.05, 3.63) is 18.3 Å². The van der Waals surface area contributed by atoms with Crippen LogP contribution in [0, 0.1) is 6.55 Å². The highest BCUT2D eigenvalue weighted by atomic mass is 28.3. The first kappa shape index (κ1) is 6.96. The van der Waals surface area contributed by atoms with Gasteiger partial charge in [0.15, 0.2) is 0 Å². The van der Waals surface area contributed by atoms with Gasteiger partial charge in [-0.2, -0.15) is 0 Å². The maximum Gasteiger partial charge on any atom is 0.0710 e. The highest BCUT2D eigenvalue weighted by Crippen LogP contribution is 1.98. The lowest BCUT2D eigenvalue weighted by atomic mass is 10.8. The summed E-state index contributed by atoms with van der Waals surface area (Å²) < 4.78 is 0. The molecule has 0 aromatic heterocycles. The van der Waals surface area contributed by atoms with Gasteiger partial charge in [-0.1, -0.05) is 31.4 Å². The van der Waals surface area contributed by atoms with Gasteiger partial charge in [0.1, 0.15) is 0 Å². The smallest absolute Gasteiger partial charge is 0.0710 e. The summed E-state index contributed by atoms with van der Waals surface area (Å²) >= 11 is 0. The van der Waals surface area contributed by atoms with Gasteiger partial charge in [-0.25, -0.2) is 0 Å². The van der Waals surface area contributed by atoms with E-state index < -0.39 is 8.07 Å². The van der Waals surface area contributed by atoms with Crippen LogP contribution in [0.5, 0.6) is 0 Å². The lowest BCUT2D eigenvalue weighted by molar-refractivity contribution is 1.73. The Balaban J connectivity index is 3.56. The fourth-order valence-corrected chi connectivity index (χ4v) is 1.35. The van der Waals surface area contributed by atoms with Crippen molar-refractivity contribution >= 4 is 8.07 Å². The summed E-state index contributed by atoms with van der Waals surface area (Å²) in [5.41, 5.74) is 2.22. The minimum Gasteiger partial charge on any atom is -0.0989 e. The van der Waals surface area contributed by atoms with Crippen LogP contribution in [0.1, 0.15) is 6.92 Å². The molecule has 41 valence electrons. The van der Waals surface area contributed by atoms with Crippen molar-refractivity contribution in [1.29, 1.82) is 0 Å². The molecule has 0 atom stereocenters. The van der Waals surface area contributed by atoms with Crippen molar-refractivity contribution in [3.8, 4) is 0 Å². The van der Waals surface area contributed by atoms with Gasteiger partial charge in [-0.05, 0) is 6.92 Å². The standard InChI is InChI=1S/C6H13Si/c1-5-6-7(2,3)4/h5-6H,2H2,1,3-4H3/b6-5-. The van der Waals surface area contributed by atoms with Crippen LogP contribution in [0.4, 0.5) is 0 Å². The van der Waals surface area contributed by atoms with Crippen molar-refractivity contribution < 1.29 is 0 Å². The Bertz CT molecular complexity index is 66.7. The number of hydrogen-bond acceptors (Lipinski definition) is 0. The molecule has 0 aliphatic heterocycles. The van der Waals surface area contributed by atoms with E-state index in [9.17, 15) is 0 Å². The third-order valence-corrected chi connectivity index (χ3v) is 1.85. The largest absolute Gasteiger partial charge is 0.0989 e. The molecular formula is C6H13Si. The first-order valence-corrected chi connectivity index (χ1v) is 5.84. The molecule has 0 unspecified atom stereocenters. The van der Waals surface area contributed by atoms with Crippen LogP contribution in [-0.4, -0.2) is 8.07 Å². The molecule has 0 saturated carbocycles. The maximum absolute atomic E-state index is 4.01. The molecule has 0 N–H and O–H groups in total. The normalized spacial score (nSPS) is 13.1. The van der Waals surface area contributed by atoms with Gasteiger partial charge in [0.2, 0.25) is 0 Å². The lowest BCUT2D eigenvalue weighted by Gasteiger charge is -2.05. The Labute approximate surface area is 47.3 Å². The highest BCUT2D eigenvalue weighted by Gasteiger charge is 2.04. The van der Waals surface area contributed by atoms with Crippen molar-refractivity contribution in [2.45, 2.75) is 20.0 Å². The van der Waals surface area contributed by atoms with Gasteiger partial charge < -0.3 is 0 Å². The molecule has 0 aliphatic carbocycles. The van der Waals surface area contributed by atoms with Crippen LogP contribution in [0.15, 0.2) is 11.8 Å². The van der Waals surface area contributed by atoms with E-state index in [0.717, 1.165) is 0 Å². The summed E-state index contributed by atoms with van der Waals surface area (Å²) in [4.78, 5) is 0. The Morgan fingerprint density at radius 3 is 1.86 bits per heavy atom. The molecule has 0 aliphatic rings. The number of allylic oxidation sites excluding steroid dienone is 1. The topological polar surface area (TPSA) is 0 Å². The Kier molecular flexibility index (Phi) is 2.30. The summed E-state index contributed by atoms with van der Waals surface area (Å²) in [6, 6.07) is 0. The van der Waals surface area contributed by atoms with Gasteiger partial charge in [0.05, 0.1) is 8.07 Å². The van der Waals surface area contributed by atoms with E-state index in [4.69, 9.17) is 0 Å². The fourth-order valence-electron chi connectivity index (χ4n) is 0.451. The average molecular weight is 113 g/mol. The van der Waals surface area contributed by atoms with E-state index >= 15 is 0 Å². The summed E-state index contributed by atoms with van der Waals surface area (Å²) in [5, 5.41) is 0. The zero-order chi connectivity index (χ0) is 5.91. The van der Waals surface area contributed by atoms with Gasteiger partial charge in [0, 0.05) is 0 Å². The van der Waals surface area contributed by atoms with Gasteiger partial charge in [-0.3, -0.25) is 0 Å². The molecule has 0 nitrogen and oxygen atoms in total. The van der Waals surface area contributed by atoms with E-state index in [0.29, 0.717) is 0 Å². The molecule has 0 amide bonds. The van der Waals surface area contributed by atoms with Crippen molar-refractivity contribution in [2.75, 3.05) is 0 Å². The van der Waals surface area contributed by atoms with Crippen LogP contribution in [0.2, 0.25) is 13.1 Å². The van der Waals surface area contributed by atoms with Crippen LogP contribution in [0.25, 0.3) is 0 Å². The van der Waals surface area contributed by atoms with Crippen molar-refractivity contribution in [3.63, 3.8) is 0 Å². The van der Waals surface area contributed by atoms with E-state index in [1.807, 2.05) is 6.92 Å². The first-order chi connectivity index (χ1) is 3.06. The Morgan fingerprint density at radius 2 is 1.86 bits per heavy atom. The van der Waals surface area contributed by atoms with Crippen LogP contribution < -0.4 is 0 Å². The van der Waals surface area contributed by atoms with Gasteiger partial charge >= 0.3 is 0 Å². The minimum atomic E-state index is -1.09. The van der Waals surface area contributed by atoms with E-state index in [1.165, 1.54) is 0 Å². The van der Waals surface area contributed by atoms with Crippen LogP contribution >= 0.6 is 0 Å². The third kappa shape index (κ3) is 5.96. The quantitative estimate of drug-likeness (QED) is 0.457. The second-order valence-corrected chi connectivity index (χ2v) is 6.80. The molecule has 0 heterocycles. The number of hydrogen-bond donors (Lipinski definition) is 0. The summed E-state index contributed by atoms with van der Waals surface area (Å²) in [6.45, 7) is 10.5. The summed E-state index contributed by atoms with van der Waals surface area (Å²) in [7, 11) is -1.09. The predicted molar refractivity (Wildman–Crippen MR) is 37.7 cm³/mol. The van der Waals surface area contributed by atoms with Crippen LogP contribution in [-0.2, 0) is 0 Å². The van der Waals surface area contributed by atoms with E-state index in [1.54, 1.807) is 0 Å². The second-order valence-electron chi connectivity index (χ2n) is 2.49. The van der Waals surface area contributed by atoms with Crippen molar-refractivity contribution in [1.82, 2.24) is 0 Å². The van der Waals surface area contributed by atoms with Crippen molar-refractivity contribution in [2.24, 2.45) is 0 Å². The monoisotopic (exact) mass is 113 g/mol. The first-order valence-electron chi connectivity index (χ1n) is 2.55. The van der Waals surface area contributed by atoms with Gasteiger partial charge in [0.25, 0.3) is 0 Å². The predicted octanol–water partition coefficient (Wildman–Crippen LogP) is 2.18. The maximum atomic E-state index is 4.01. The van der Waals surface area contributed by atoms with E-state index in [-0.39, 0.29) is 0 Å². The molecule has 0 aromatic carbocycles. The molecule has 0 fully saturated rings. The Hall–Kier alpha value is -0.0431. The zero-order valence-corrected chi connectivity index (χ0v) is 6.36. The summed E-state index contributed by atoms with van der Waals surface area (Å²) in [6.07, 6.45) is 2.08. The molecule has 1 radical (unpaired) electrons. The van der Waals surface area contributed by atoms with Gasteiger partial charge in [-0.15, -0.1) is 0 Å². The lowest BCUT2D eigenvalue weighted by Crippen LogP contribution is -2.16. The average Bonchev–Trinajstić information content (AvgIpc) is 1.30. The summed E-state index contributed by atoms with van der Waals surface area (Å²) in [5.74, 6) is 0. The second kappa shape index (κ2) is 2.31. The highest BCUT2D eigenvalue weighted by molar-refractivity contribution is 6.83. The van der Waals surface area contributed by atoms with Crippen LogP contribution in [0.3, 0.4) is 0 Å². The molecule has 0 bridgehead atoms. The van der Waals surface area contributed by atoms with E-state index in [2.05, 4.69) is 31.4 Å². The number of rotatable bonds is 1. The molecule has 0 saturated heterocycles. The fraction of sp³-hybridized carbons (Fsp3) is 0.500. The molecule has 7 heavy (non-hydrogen) atoms. The SMILES string of the molecule is [CH2][Si](C)(C)/C=C\C.